The Kier molecular flexibility index (Phi) is 3.05. The summed E-state index contributed by atoms with van der Waals surface area (Å²) in [6.07, 6.45) is 0. The summed E-state index contributed by atoms with van der Waals surface area (Å²) < 4.78 is 0.194. The lowest BCUT2D eigenvalue weighted by atomic mass is 10.0. The fourth-order valence-electron chi connectivity index (χ4n) is 0.990. The van der Waals surface area contributed by atoms with Gasteiger partial charge in [-0.25, -0.2) is 4.79 Å². The Morgan fingerprint density at radius 3 is 2.43 bits per heavy atom. The van der Waals surface area contributed by atoms with Gasteiger partial charge in [0.05, 0.1) is 5.92 Å². The summed E-state index contributed by atoms with van der Waals surface area (Å²) in [5.74, 6) is -0.619. The summed E-state index contributed by atoms with van der Waals surface area (Å²) in [5.41, 5.74) is -0.829. The zero-order valence-electron chi connectivity index (χ0n) is 7.68. The first-order valence-corrected chi connectivity index (χ1v) is 4.75. The highest BCUT2D eigenvalue weighted by Crippen LogP contribution is 2.18. The van der Waals surface area contributed by atoms with E-state index in [0.29, 0.717) is 5.69 Å². The zero-order chi connectivity index (χ0) is 10.9. The molecule has 14 heavy (non-hydrogen) atoms. The Hall–Kier alpha value is -1.17. The van der Waals surface area contributed by atoms with Gasteiger partial charge in [0, 0.05) is 5.69 Å². The van der Waals surface area contributed by atoms with Gasteiger partial charge < -0.3 is 4.98 Å². The van der Waals surface area contributed by atoms with Gasteiger partial charge in [-0.2, -0.15) is 0 Å². The molecule has 1 heterocycles. The minimum Gasteiger partial charge on any atom is -0.309 e. The van der Waals surface area contributed by atoms with Crippen molar-refractivity contribution in [2.75, 3.05) is 0 Å². The molecule has 1 unspecified atom stereocenters. The Balaban J connectivity index is 3.42. The molecule has 0 amide bonds. The second-order valence-electron chi connectivity index (χ2n) is 2.97. The number of halogens is 1. The lowest BCUT2D eigenvalue weighted by Crippen LogP contribution is -2.27. The van der Waals surface area contributed by atoms with Gasteiger partial charge in [0.15, 0.2) is 0 Å². The monoisotopic (exact) mass is 260 g/mol. The number of carbonyl (C=O) groups is 1. The molecule has 0 spiro atoms. The highest BCUT2D eigenvalue weighted by atomic mass is 79.9. The molecule has 0 aromatic carbocycles. The van der Waals surface area contributed by atoms with Crippen molar-refractivity contribution < 1.29 is 4.79 Å². The van der Waals surface area contributed by atoms with Crippen LogP contribution in [-0.2, 0) is 4.79 Å². The van der Waals surface area contributed by atoms with E-state index in [4.69, 9.17) is 0 Å². The van der Waals surface area contributed by atoms with Gasteiger partial charge in [0.25, 0.3) is 5.56 Å². The number of nitrogens with one attached hydrogen (secondary N) is 2. The number of aromatic amines is 2. The number of H-pyrrole nitrogens is 2. The summed E-state index contributed by atoms with van der Waals surface area (Å²) in [6.45, 7) is 3.02. The summed E-state index contributed by atoms with van der Waals surface area (Å²) in [4.78, 5) is 37.6. The fraction of sp³-hybridized carbons (Fsp3) is 0.375. The van der Waals surface area contributed by atoms with Crippen LogP contribution in [0.25, 0.3) is 0 Å². The molecule has 2 N–H and O–H groups in total. The van der Waals surface area contributed by atoms with E-state index in [2.05, 4.69) is 20.9 Å². The standard InChI is InChI=1S/C8H9BrN2O3/c1-3(4(2)12)6-5(9)7(13)11-8(14)10-6/h3H,1-2H3,(H2,10,11,13,14). The smallest absolute Gasteiger partial charge is 0.309 e. The van der Waals surface area contributed by atoms with Gasteiger partial charge in [-0.15, -0.1) is 0 Å². The molecule has 1 aromatic heterocycles. The van der Waals surface area contributed by atoms with Crippen LogP contribution >= 0.6 is 15.9 Å². The van der Waals surface area contributed by atoms with Crippen LogP contribution in [0.15, 0.2) is 14.1 Å². The molecule has 0 aliphatic carbocycles. The molecule has 0 aliphatic heterocycles. The van der Waals surface area contributed by atoms with Crippen LogP contribution in [0.4, 0.5) is 0 Å². The minimum absolute atomic E-state index is 0.119. The number of aromatic nitrogens is 2. The molecule has 0 bridgehead atoms. The van der Waals surface area contributed by atoms with Crippen LogP contribution in [0.2, 0.25) is 0 Å². The van der Waals surface area contributed by atoms with Gasteiger partial charge in [-0.1, -0.05) is 0 Å². The van der Waals surface area contributed by atoms with Gasteiger partial charge in [-0.3, -0.25) is 14.6 Å². The Morgan fingerprint density at radius 1 is 1.36 bits per heavy atom. The molecule has 0 fully saturated rings. The number of Topliss-reactive ketones (excluding diaryl/α,β-unsaturated/α-hetero) is 1. The van der Waals surface area contributed by atoms with E-state index in [9.17, 15) is 14.4 Å². The maximum atomic E-state index is 11.2. The Labute approximate surface area is 87.7 Å². The molecule has 76 valence electrons. The zero-order valence-corrected chi connectivity index (χ0v) is 9.27. The molecule has 1 aromatic rings. The molecule has 0 saturated carbocycles. The summed E-state index contributed by atoms with van der Waals surface area (Å²) in [6, 6.07) is 0. The lowest BCUT2D eigenvalue weighted by molar-refractivity contribution is -0.118. The van der Waals surface area contributed by atoms with Crippen molar-refractivity contribution in [3.63, 3.8) is 0 Å². The normalized spacial score (nSPS) is 12.5. The van der Waals surface area contributed by atoms with Crippen LogP contribution in [0.5, 0.6) is 0 Å². The highest BCUT2D eigenvalue weighted by Gasteiger charge is 2.16. The quantitative estimate of drug-likeness (QED) is 0.814. The van der Waals surface area contributed by atoms with E-state index in [0.717, 1.165) is 0 Å². The average molecular weight is 261 g/mol. The number of rotatable bonds is 2. The van der Waals surface area contributed by atoms with Crippen molar-refractivity contribution in [1.29, 1.82) is 0 Å². The van der Waals surface area contributed by atoms with Crippen molar-refractivity contribution in [3.8, 4) is 0 Å². The number of carbonyl (C=O) groups excluding carboxylic acids is 1. The van der Waals surface area contributed by atoms with Crippen molar-refractivity contribution in [2.24, 2.45) is 0 Å². The molecule has 1 rings (SSSR count). The molecule has 0 radical (unpaired) electrons. The van der Waals surface area contributed by atoms with Crippen molar-refractivity contribution >= 4 is 21.7 Å². The second-order valence-corrected chi connectivity index (χ2v) is 3.76. The number of hydrogen-bond donors (Lipinski definition) is 2. The van der Waals surface area contributed by atoms with E-state index in [1.165, 1.54) is 6.92 Å². The number of ketones is 1. The van der Waals surface area contributed by atoms with E-state index >= 15 is 0 Å². The maximum Gasteiger partial charge on any atom is 0.325 e. The van der Waals surface area contributed by atoms with E-state index in [-0.39, 0.29) is 10.3 Å². The van der Waals surface area contributed by atoms with E-state index in [1.807, 2.05) is 4.98 Å². The summed E-state index contributed by atoms with van der Waals surface area (Å²) in [7, 11) is 0. The van der Waals surface area contributed by atoms with Crippen LogP contribution in [0.1, 0.15) is 25.5 Å². The van der Waals surface area contributed by atoms with Gasteiger partial charge in [0.1, 0.15) is 10.3 Å². The van der Waals surface area contributed by atoms with Crippen molar-refractivity contribution in [1.82, 2.24) is 9.97 Å². The molecular weight excluding hydrogens is 252 g/mol. The fourth-order valence-corrected chi connectivity index (χ4v) is 1.53. The van der Waals surface area contributed by atoms with Gasteiger partial charge >= 0.3 is 5.69 Å². The van der Waals surface area contributed by atoms with Crippen LogP contribution in [0.3, 0.4) is 0 Å². The van der Waals surface area contributed by atoms with Crippen LogP contribution in [-0.4, -0.2) is 15.8 Å². The molecule has 1 atom stereocenters. The minimum atomic E-state index is -0.610. The molecule has 0 aliphatic rings. The van der Waals surface area contributed by atoms with Crippen molar-refractivity contribution in [3.05, 3.63) is 31.0 Å². The predicted octanol–water partition coefficient (Wildman–Crippen LogP) is 0.518. The molecule has 5 nitrogen and oxygen atoms in total. The first-order valence-electron chi connectivity index (χ1n) is 3.96. The Morgan fingerprint density at radius 2 is 1.93 bits per heavy atom. The number of hydrogen-bond acceptors (Lipinski definition) is 3. The summed E-state index contributed by atoms with van der Waals surface area (Å²) in [5, 5.41) is 0. The molecule has 0 saturated heterocycles. The molecular formula is C8H9BrN2O3. The van der Waals surface area contributed by atoms with Crippen molar-refractivity contribution in [2.45, 2.75) is 19.8 Å². The topological polar surface area (TPSA) is 82.8 Å². The third kappa shape index (κ3) is 2.01. The average Bonchev–Trinajstić information content (AvgIpc) is 2.09. The SMILES string of the molecule is CC(=O)C(C)c1[nH]c(=O)[nH]c(=O)c1Br. The predicted molar refractivity (Wildman–Crippen MR) is 54.5 cm³/mol. The second kappa shape index (κ2) is 3.91. The van der Waals surface area contributed by atoms with E-state index in [1.54, 1.807) is 6.92 Å². The first kappa shape index (κ1) is 10.9. The van der Waals surface area contributed by atoms with Gasteiger partial charge in [0.2, 0.25) is 0 Å². The van der Waals surface area contributed by atoms with Gasteiger partial charge in [-0.05, 0) is 29.8 Å². The van der Waals surface area contributed by atoms with Crippen LogP contribution < -0.4 is 11.2 Å². The summed E-state index contributed by atoms with van der Waals surface area (Å²) >= 11 is 3.02. The van der Waals surface area contributed by atoms with E-state index < -0.39 is 17.2 Å². The maximum absolute atomic E-state index is 11.2. The third-order valence-electron chi connectivity index (χ3n) is 1.95. The van der Waals surface area contributed by atoms with Crippen LogP contribution in [0, 0.1) is 0 Å². The molecule has 6 heteroatoms. The Bertz CT molecular complexity index is 474. The third-order valence-corrected chi connectivity index (χ3v) is 2.74. The lowest BCUT2D eigenvalue weighted by Gasteiger charge is -2.08. The first-order chi connectivity index (χ1) is 6.43. The largest absolute Gasteiger partial charge is 0.325 e. The highest BCUT2D eigenvalue weighted by molar-refractivity contribution is 9.10.